The van der Waals surface area contributed by atoms with Crippen molar-refractivity contribution in [2.75, 3.05) is 18.8 Å². The average Bonchev–Trinajstić information content (AvgIpc) is 3.04. The Morgan fingerprint density at radius 3 is 2.85 bits per heavy atom. The SMILES string of the molecule is CCCC1CCc2c(sc(N)c2C(=O)N2CCCC2)C1. The zero-order valence-electron chi connectivity index (χ0n) is 12.3. The molecular weight excluding hydrogens is 268 g/mol. The molecule has 1 aromatic heterocycles. The summed E-state index contributed by atoms with van der Waals surface area (Å²) >= 11 is 1.66. The van der Waals surface area contributed by atoms with Crippen molar-refractivity contribution in [1.29, 1.82) is 0 Å². The maximum absolute atomic E-state index is 12.7. The van der Waals surface area contributed by atoms with Crippen molar-refractivity contribution in [3.8, 4) is 0 Å². The van der Waals surface area contributed by atoms with Crippen LogP contribution in [-0.4, -0.2) is 23.9 Å². The molecule has 0 saturated carbocycles. The summed E-state index contributed by atoms with van der Waals surface area (Å²) in [5.74, 6) is 0.978. The van der Waals surface area contributed by atoms with E-state index in [4.69, 9.17) is 5.73 Å². The van der Waals surface area contributed by atoms with Crippen molar-refractivity contribution in [1.82, 2.24) is 4.90 Å². The first-order chi connectivity index (χ1) is 9.70. The number of anilines is 1. The van der Waals surface area contributed by atoms with Crippen LogP contribution in [0.3, 0.4) is 0 Å². The van der Waals surface area contributed by atoms with Crippen molar-refractivity contribution in [3.05, 3.63) is 16.0 Å². The molecule has 1 amide bonds. The summed E-state index contributed by atoms with van der Waals surface area (Å²) in [5, 5.41) is 0.754. The van der Waals surface area contributed by atoms with Crippen LogP contribution in [0, 0.1) is 5.92 Å². The van der Waals surface area contributed by atoms with Gasteiger partial charge in [-0.2, -0.15) is 0 Å². The summed E-state index contributed by atoms with van der Waals surface area (Å²) in [6.07, 6.45) is 8.21. The van der Waals surface area contributed by atoms with Crippen molar-refractivity contribution in [3.63, 3.8) is 0 Å². The van der Waals surface area contributed by atoms with Crippen molar-refractivity contribution in [2.24, 2.45) is 5.92 Å². The Labute approximate surface area is 125 Å². The van der Waals surface area contributed by atoms with Crippen LogP contribution in [0.1, 0.15) is 59.8 Å². The van der Waals surface area contributed by atoms with E-state index < -0.39 is 0 Å². The van der Waals surface area contributed by atoms with Crippen LogP contribution >= 0.6 is 11.3 Å². The van der Waals surface area contributed by atoms with Gasteiger partial charge in [-0.1, -0.05) is 19.8 Å². The lowest BCUT2D eigenvalue weighted by Gasteiger charge is -2.23. The van der Waals surface area contributed by atoms with E-state index in [0.717, 1.165) is 55.3 Å². The van der Waals surface area contributed by atoms with Crippen molar-refractivity contribution < 1.29 is 4.79 Å². The Bertz CT molecular complexity index is 503. The summed E-state index contributed by atoms with van der Waals surface area (Å²) in [7, 11) is 0. The topological polar surface area (TPSA) is 46.3 Å². The van der Waals surface area contributed by atoms with Gasteiger partial charge >= 0.3 is 0 Å². The monoisotopic (exact) mass is 292 g/mol. The zero-order chi connectivity index (χ0) is 14.1. The lowest BCUT2D eigenvalue weighted by atomic mass is 9.84. The molecule has 4 heteroatoms. The molecule has 1 unspecified atom stereocenters. The molecule has 1 saturated heterocycles. The molecular formula is C16H24N2OS. The summed E-state index contributed by atoms with van der Waals surface area (Å²) in [5.41, 5.74) is 8.30. The number of likely N-dealkylation sites (tertiary alicyclic amines) is 1. The molecule has 0 bridgehead atoms. The Hall–Kier alpha value is -1.03. The number of nitrogen functional groups attached to an aromatic ring is 1. The van der Waals surface area contributed by atoms with Gasteiger partial charge < -0.3 is 10.6 Å². The van der Waals surface area contributed by atoms with E-state index in [1.165, 1.54) is 29.7 Å². The van der Waals surface area contributed by atoms with Crippen LogP contribution < -0.4 is 5.73 Å². The van der Waals surface area contributed by atoms with Crippen LogP contribution in [0.4, 0.5) is 5.00 Å². The smallest absolute Gasteiger partial charge is 0.257 e. The lowest BCUT2D eigenvalue weighted by molar-refractivity contribution is 0.0793. The van der Waals surface area contributed by atoms with Gasteiger partial charge in [-0.05, 0) is 43.6 Å². The normalized spacial score (nSPS) is 22.1. The van der Waals surface area contributed by atoms with Gasteiger partial charge in [0.05, 0.1) is 10.6 Å². The second kappa shape index (κ2) is 5.76. The number of fused-ring (bicyclic) bond motifs is 1. The van der Waals surface area contributed by atoms with Crippen molar-refractivity contribution >= 4 is 22.2 Å². The average molecular weight is 292 g/mol. The lowest BCUT2D eigenvalue weighted by Crippen LogP contribution is -2.29. The third-order valence-electron chi connectivity index (χ3n) is 4.70. The Kier molecular flexibility index (Phi) is 4.01. The van der Waals surface area contributed by atoms with E-state index in [2.05, 4.69) is 6.92 Å². The van der Waals surface area contributed by atoms with Gasteiger partial charge in [0.1, 0.15) is 0 Å². The minimum absolute atomic E-state index is 0.187. The van der Waals surface area contributed by atoms with E-state index in [1.54, 1.807) is 11.3 Å². The van der Waals surface area contributed by atoms with Crippen molar-refractivity contribution in [2.45, 2.75) is 51.9 Å². The minimum Gasteiger partial charge on any atom is -0.390 e. The summed E-state index contributed by atoms with van der Waals surface area (Å²) < 4.78 is 0. The van der Waals surface area contributed by atoms with E-state index in [-0.39, 0.29) is 5.91 Å². The molecule has 1 aromatic rings. The van der Waals surface area contributed by atoms with Crippen LogP contribution in [0.5, 0.6) is 0 Å². The first kappa shape index (κ1) is 13.9. The van der Waals surface area contributed by atoms with Gasteiger partial charge in [0.25, 0.3) is 5.91 Å². The fourth-order valence-electron chi connectivity index (χ4n) is 3.64. The highest BCUT2D eigenvalue weighted by molar-refractivity contribution is 7.16. The van der Waals surface area contributed by atoms with Gasteiger partial charge in [-0.25, -0.2) is 0 Å². The number of hydrogen-bond acceptors (Lipinski definition) is 3. The second-order valence-corrected chi connectivity index (χ2v) is 7.28. The van der Waals surface area contributed by atoms with Gasteiger partial charge in [-0.3, -0.25) is 4.79 Å². The number of thiophene rings is 1. The molecule has 3 rings (SSSR count). The highest BCUT2D eigenvalue weighted by Crippen LogP contribution is 2.40. The molecule has 1 aliphatic heterocycles. The van der Waals surface area contributed by atoms with Crippen LogP contribution in [0.2, 0.25) is 0 Å². The molecule has 1 fully saturated rings. The number of rotatable bonds is 3. The fourth-order valence-corrected chi connectivity index (χ4v) is 4.87. The highest BCUT2D eigenvalue weighted by Gasteiger charge is 2.30. The van der Waals surface area contributed by atoms with E-state index in [9.17, 15) is 4.79 Å². The third kappa shape index (κ3) is 2.46. The number of hydrogen-bond donors (Lipinski definition) is 1. The molecule has 2 heterocycles. The molecule has 2 aliphatic rings. The molecule has 3 nitrogen and oxygen atoms in total. The molecule has 110 valence electrons. The zero-order valence-corrected chi connectivity index (χ0v) is 13.1. The Morgan fingerprint density at radius 2 is 2.15 bits per heavy atom. The fraction of sp³-hybridized carbons (Fsp3) is 0.688. The van der Waals surface area contributed by atoms with E-state index >= 15 is 0 Å². The van der Waals surface area contributed by atoms with Gasteiger partial charge in [0.2, 0.25) is 0 Å². The number of carbonyl (C=O) groups is 1. The van der Waals surface area contributed by atoms with Crippen LogP contribution in [0.15, 0.2) is 0 Å². The minimum atomic E-state index is 0.187. The third-order valence-corrected chi connectivity index (χ3v) is 5.78. The first-order valence-electron chi connectivity index (χ1n) is 7.90. The number of nitrogens with two attached hydrogens (primary N) is 1. The summed E-state index contributed by atoms with van der Waals surface area (Å²) in [6, 6.07) is 0. The number of amides is 1. The molecule has 20 heavy (non-hydrogen) atoms. The Balaban J connectivity index is 1.84. The van der Waals surface area contributed by atoms with Gasteiger partial charge in [0, 0.05) is 18.0 Å². The van der Waals surface area contributed by atoms with Gasteiger partial charge in [-0.15, -0.1) is 11.3 Å². The number of nitrogens with zero attached hydrogens (tertiary/aromatic N) is 1. The first-order valence-corrected chi connectivity index (χ1v) is 8.71. The van der Waals surface area contributed by atoms with Crippen LogP contribution in [-0.2, 0) is 12.8 Å². The molecule has 1 aliphatic carbocycles. The Morgan fingerprint density at radius 1 is 1.40 bits per heavy atom. The van der Waals surface area contributed by atoms with Crippen LogP contribution in [0.25, 0.3) is 0 Å². The predicted octanol–water partition coefficient (Wildman–Crippen LogP) is 3.47. The second-order valence-electron chi connectivity index (χ2n) is 6.14. The quantitative estimate of drug-likeness (QED) is 0.927. The largest absolute Gasteiger partial charge is 0.390 e. The summed E-state index contributed by atoms with van der Waals surface area (Å²) in [6.45, 7) is 4.06. The molecule has 0 radical (unpaired) electrons. The van der Waals surface area contributed by atoms with Gasteiger partial charge in [0.15, 0.2) is 0 Å². The maximum Gasteiger partial charge on any atom is 0.257 e. The highest BCUT2D eigenvalue weighted by atomic mass is 32.1. The maximum atomic E-state index is 12.7. The molecule has 2 N–H and O–H groups in total. The number of carbonyl (C=O) groups excluding carboxylic acids is 1. The standard InChI is InChI=1S/C16H24N2OS/c1-2-5-11-6-7-12-13(10-11)20-15(17)14(12)16(19)18-8-3-4-9-18/h11H,2-10,17H2,1H3. The van der Waals surface area contributed by atoms with E-state index in [0.29, 0.717) is 0 Å². The van der Waals surface area contributed by atoms with E-state index in [1.807, 2.05) is 4.90 Å². The predicted molar refractivity (Wildman–Crippen MR) is 84.3 cm³/mol. The molecule has 0 aromatic carbocycles. The molecule has 1 atom stereocenters. The molecule has 0 spiro atoms. The summed E-state index contributed by atoms with van der Waals surface area (Å²) in [4.78, 5) is 16.0.